The lowest BCUT2D eigenvalue weighted by molar-refractivity contribution is 0.334. The first-order chi connectivity index (χ1) is 8.70. The first kappa shape index (κ1) is 13.3. The summed E-state index contributed by atoms with van der Waals surface area (Å²) < 4.78 is 0. The highest BCUT2D eigenvalue weighted by atomic mass is 15.2. The summed E-state index contributed by atoms with van der Waals surface area (Å²) in [6.45, 7) is 5.77. The molecular weight excluding hydrogens is 220 g/mol. The molecule has 1 aromatic rings. The molecule has 1 fully saturated rings. The molecule has 0 spiro atoms. The summed E-state index contributed by atoms with van der Waals surface area (Å²) in [5.41, 5.74) is 8.09. The van der Waals surface area contributed by atoms with Crippen LogP contribution in [0, 0.1) is 5.92 Å². The van der Waals surface area contributed by atoms with Gasteiger partial charge in [-0.25, -0.2) is 0 Å². The number of hydrogen-bond donors (Lipinski definition) is 1. The third kappa shape index (κ3) is 3.18. The minimum atomic E-state index is 0.711. The van der Waals surface area contributed by atoms with Crippen molar-refractivity contribution in [3.63, 3.8) is 0 Å². The Morgan fingerprint density at radius 2 is 1.94 bits per heavy atom. The van der Waals surface area contributed by atoms with E-state index in [1.54, 1.807) is 0 Å². The Morgan fingerprint density at radius 3 is 2.56 bits per heavy atom. The topological polar surface area (TPSA) is 29.3 Å². The second kappa shape index (κ2) is 6.12. The minimum Gasteiger partial charge on any atom is -0.399 e. The zero-order valence-corrected chi connectivity index (χ0v) is 11.7. The molecule has 100 valence electrons. The van der Waals surface area contributed by atoms with E-state index in [1.165, 1.54) is 37.8 Å². The van der Waals surface area contributed by atoms with E-state index in [-0.39, 0.29) is 0 Å². The number of nitrogens with two attached hydrogens (primary N) is 1. The Bertz CT molecular complexity index is 367. The average Bonchev–Trinajstić information content (AvgIpc) is 2.37. The van der Waals surface area contributed by atoms with Gasteiger partial charge in [-0.2, -0.15) is 0 Å². The van der Waals surface area contributed by atoms with Crippen molar-refractivity contribution in [3.8, 4) is 0 Å². The zero-order chi connectivity index (χ0) is 13.0. The second-order valence-electron chi connectivity index (χ2n) is 5.70. The lowest BCUT2D eigenvalue weighted by Crippen LogP contribution is -2.38. The molecule has 1 aliphatic carbocycles. The summed E-state index contributed by atoms with van der Waals surface area (Å²) >= 11 is 0. The van der Waals surface area contributed by atoms with E-state index in [1.807, 2.05) is 6.07 Å². The Labute approximate surface area is 111 Å². The normalized spacial score (nSPS) is 23.9. The maximum atomic E-state index is 5.92. The maximum Gasteiger partial charge on any atom is 0.0389 e. The molecule has 1 saturated carbocycles. The fourth-order valence-electron chi connectivity index (χ4n) is 3.02. The lowest BCUT2D eigenvalue weighted by Gasteiger charge is -2.38. The van der Waals surface area contributed by atoms with Crippen molar-refractivity contribution < 1.29 is 0 Å². The third-order valence-electron chi connectivity index (χ3n) is 4.09. The Hall–Kier alpha value is -1.18. The van der Waals surface area contributed by atoms with Crippen molar-refractivity contribution in [1.29, 1.82) is 0 Å². The maximum absolute atomic E-state index is 5.92. The van der Waals surface area contributed by atoms with Gasteiger partial charge < -0.3 is 10.6 Å². The van der Waals surface area contributed by atoms with Gasteiger partial charge in [-0.1, -0.05) is 19.9 Å². The van der Waals surface area contributed by atoms with Gasteiger partial charge in [0.15, 0.2) is 0 Å². The van der Waals surface area contributed by atoms with Crippen molar-refractivity contribution in [1.82, 2.24) is 0 Å². The van der Waals surface area contributed by atoms with Crippen LogP contribution in [-0.2, 0) is 0 Å². The van der Waals surface area contributed by atoms with Gasteiger partial charge in [-0.05, 0) is 56.2 Å². The van der Waals surface area contributed by atoms with Crippen molar-refractivity contribution in [3.05, 3.63) is 24.3 Å². The summed E-state index contributed by atoms with van der Waals surface area (Å²) in [4.78, 5) is 2.57. The predicted molar refractivity (Wildman–Crippen MR) is 79.9 cm³/mol. The highest BCUT2D eigenvalue weighted by molar-refractivity contribution is 5.56. The molecule has 0 radical (unpaired) electrons. The minimum absolute atomic E-state index is 0.711. The second-order valence-corrected chi connectivity index (χ2v) is 5.70. The summed E-state index contributed by atoms with van der Waals surface area (Å²) in [7, 11) is 0. The molecular formula is C16H26N2. The molecule has 0 atom stereocenters. The number of anilines is 2. The average molecular weight is 246 g/mol. The van der Waals surface area contributed by atoms with Gasteiger partial charge in [0.1, 0.15) is 0 Å². The van der Waals surface area contributed by atoms with E-state index in [2.05, 4.69) is 36.9 Å². The molecule has 2 rings (SSSR count). The Balaban J connectivity index is 2.12. The number of nitrogen functional groups attached to an aromatic ring is 1. The quantitative estimate of drug-likeness (QED) is 0.812. The molecule has 0 aromatic heterocycles. The third-order valence-corrected chi connectivity index (χ3v) is 4.09. The summed E-state index contributed by atoms with van der Waals surface area (Å²) in [5.74, 6) is 0.908. The molecule has 0 bridgehead atoms. The van der Waals surface area contributed by atoms with Gasteiger partial charge in [-0.15, -0.1) is 0 Å². The summed E-state index contributed by atoms with van der Waals surface area (Å²) in [5, 5.41) is 0. The number of benzene rings is 1. The van der Waals surface area contributed by atoms with Crippen LogP contribution in [0.5, 0.6) is 0 Å². The fourth-order valence-corrected chi connectivity index (χ4v) is 3.02. The van der Waals surface area contributed by atoms with Gasteiger partial charge in [-0.3, -0.25) is 0 Å². The highest BCUT2D eigenvalue weighted by Crippen LogP contribution is 2.31. The number of hydrogen-bond acceptors (Lipinski definition) is 2. The lowest BCUT2D eigenvalue weighted by atomic mass is 9.86. The first-order valence-corrected chi connectivity index (χ1v) is 7.33. The molecule has 1 aromatic carbocycles. The highest BCUT2D eigenvalue weighted by Gasteiger charge is 2.23. The van der Waals surface area contributed by atoms with Crippen LogP contribution in [0.3, 0.4) is 0 Å². The molecule has 0 amide bonds. The summed E-state index contributed by atoms with van der Waals surface area (Å²) in [6, 6.07) is 9.07. The predicted octanol–water partition coefficient (Wildman–Crippen LogP) is 4.06. The van der Waals surface area contributed by atoms with Gasteiger partial charge in [0.05, 0.1) is 0 Å². The van der Waals surface area contributed by atoms with Crippen LogP contribution in [0.2, 0.25) is 0 Å². The van der Waals surface area contributed by atoms with Crippen LogP contribution in [0.1, 0.15) is 46.0 Å². The largest absolute Gasteiger partial charge is 0.399 e. The molecule has 2 nitrogen and oxygen atoms in total. The van der Waals surface area contributed by atoms with E-state index >= 15 is 0 Å². The zero-order valence-electron chi connectivity index (χ0n) is 11.7. The molecule has 2 N–H and O–H groups in total. The van der Waals surface area contributed by atoms with E-state index in [0.717, 1.165) is 18.2 Å². The molecule has 18 heavy (non-hydrogen) atoms. The van der Waals surface area contributed by atoms with E-state index in [9.17, 15) is 0 Å². The van der Waals surface area contributed by atoms with Crippen LogP contribution in [-0.4, -0.2) is 12.6 Å². The smallest absolute Gasteiger partial charge is 0.0389 e. The Morgan fingerprint density at radius 1 is 1.22 bits per heavy atom. The van der Waals surface area contributed by atoms with Gasteiger partial charge >= 0.3 is 0 Å². The molecule has 0 saturated heterocycles. The van der Waals surface area contributed by atoms with Crippen molar-refractivity contribution in [2.75, 3.05) is 17.2 Å². The van der Waals surface area contributed by atoms with Gasteiger partial charge in [0, 0.05) is 24.0 Å². The van der Waals surface area contributed by atoms with Gasteiger partial charge in [0.25, 0.3) is 0 Å². The number of nitrogens with zero attached hydrogens (tertiary/aromatic N) is 1. The van der Waals surface area contributed by atoms with E-state index < -0.39 is 0 Å². The van der Waals surface area contributed by atoms with Crippen LogP contribution in [0.25, 0.3) is 0 Å². The van der Waals surface area contributed by atoms with Crippen molar-refractivity contribution >= 4 is 11.4 Å². The summed E-state index contributed by atoms with van der Waals surface area (Å²) in [6.07, 6.45) is 6.59. The molecule has 1 aliphatic rings. The monoisotopic (exact) mass is 246 g/mol. The van der Waals surface area contributed by atoms with E-state index in [4.69, 9.17) is 5.73 Å². The molecule has 0 heterocycles. The van der Waals surface area contributed by atoms with Crippen molar-refractivity contribution in [2.45, 2.75) is 52.0 Å². The standard InChI is InChI=1S/C16H26N2/c1-3-11-18(15-9-7-13(2)8-10-15)16-6-4-5-14(17)12-16/h4-6,12-13,15H,3,7-11,17H2,1-2H3. The SMILES string of the molecule is CCCN(c1cccc(N)c1)C1CCC(C)CC1. The fraction of sp³-hybridized carbons (Fsp3) is 0.625. The Kier molecular flexibility index (Phi) is 4.51. The number of rotatable bonds is 4. The molecule has 0 aliphatic heterocycles. The van der Waals surface area contributed by atoms with Crippen LogP contribution < -0.4 is 10.6 Å². The van der Waals surface area contributed by atoms with Crippen LogP contribution >= 0.6 is 0 Å². The van der Waals surface area contributed by atoms with Crippen molar-refractivity contribution in [2.24, 2.45) is 5.92 Å². The van der Waals surface area contributed by atoms with E-state index in [0.29, 0.717) is 6.04 Å². The molecule has 0 unspecified atom stereocenters. The molecule has 2 heteroatoms. The first-order valence-electron chi connectivity index (χ1n) is 7.33. The van der Waals surface area contributed by atoms with Crippen LogP contribution in [0.15, 0.2) is 24.3 Å². The van der Waals surface area contributed by atoms with Crippen LogP contribution in [0.4, 0.5) is 11.4 Å². The van der Waals surface area contributed by atoms with Gasteiger partial charge in [0.2, 0.25) is 0 Å².